The Balaban J connectivity index is 1.53. The fourth-order valence-electron chi connectivity index (χ4n) is 2.98. The summed E-state index contributed by atoms with van der Waals surface area (Å²) < 4.78 is 6.32. The minimum Gasteiger partial charge on any atom is -0.385 e. The summed E-state index contributed by atoms with van der Waals surface area (Å²) in [4.78, 5) is 22.5. The van der Waals surface area contributed by atoms with Crippen LogP contribution in [0.5, 0.6) is 0 Å². The molecule has 0 aliphatic carbocycles. The number of nitrogens with zero attached hydrogens (tertiary/aromatic N) is 2. The maximum absolute atomic E-state index is 13.1. The molecule has 164 valence electrons. The second-order valence-electron chi connectivity index (χ2n) is 6.86. The van der Waals surface area contributed by atoms with Gasteiger partial charge in [0, 0.05) is 35.1 Å². The van der Waals surface area contributed by atoms with Crippen molar-refractivity contribution in [1.29, 1.82) is 0 Å². The summed E-state index contributed by atoms with van der Waals surface area (Å²) in [6.07, 6.45) is 2.71. The molecule has 1 saturated heterocycles. The van der Waals surface area contributed by atoms with Crippen LogP contribution in [-0.4, -0.2) is 36.2 Å². The molecule has 8 heteroatoms. The van der Waals surface area contributed by atoms with E-state index in [4.69, 9.17) is 21.3 Å². The molecule has 0 N–H and O–H groups in total. The van der Waals surface area contributed by atoms with Crippen molar-refractivity contribution in [2.24, 2.45) is 4.99 Å². The van der Waals surface area contributed by atoms with Crippen LogP contribution in [0, 0.1) is 0 Å². The van der Waals surface area contributed by atoms with Gasteiger partial charge < -0.3 is 4.74 Å². The Hall–Kier alpha value is -2.03. The molecular weight excluding hydrogens is 480 g/mol. The van der Waals surface area contributed by atoms with E-state index in [2.05, 4.69) is 6.07 Å². The number of methoxy groups -OCH3 is 1. The highest BCUT2D eigenvalue weighted by Gasteiger charge is 2.33. The number of benzene rings is 2. The summed E-state index contributed by atoms with van der Waals surface area (Å²) in [6.45, 7) is 1.17. The van der Waals surface area contributed by atoms with Crippen molar-refractivity contribution in [3.8, 4) is 0 Å². The first-order chi connectivity index (χ1) is 15.6. The summed E-state index contributed by atoms with van der Waals surface area (Å²) in [5, 5.41) is 1.43. The highest BCUT2D eigenvalue weighted by atomic mass is 35.5. The number of carbonyl (C=O) groups is 1. The van der Waals surface area contributed by atoms with E-state index >= 15 is 0 Å². The third-order valence-electron chi connectivity index (χ3n) is 4.51. The largest absolute Gasteiger partial charge is 0.385 e. The molecule has 0 bridgehead atoms. The molecule has 4 rings (SSSR count). The lowest BCUT2D eigenvalue weighted by Gasteiger charge is -2.15. The van der Waals surface area contributed by atoms with Gasteiger partial charge in [-0.2, -0.15) is 0 Å². The van der Waals surface area contributed by atoms with Crippen LogP contribution < -0.4 is 0 Å². The van der Waals surface area contributed by atoms with E-state index in [1.165, 1.54) is 11.8 Å². The summed E-state index contributed by atoms with van der Waals surface area (Å²) in [5.41, 5.74) is 0.832. The van der Waals surface area contributed by atoms with Gasteiger partial charge in [-0.1, -0.05) is 41.6 Å². The average Bonchev–Trinajstić information content (AvgIpc) is 3.35. The first-order valence-corrected chi connectivity index (χ1v) is 12.8. The van der Waals surface area contributed by atoms with Gasteiger partial charge in [-0.3, -0.25) is 9.69 Å². The molecule has 0 atom stereocenters. The number of aliphatic imine (C=N–C) groups is 1. The molecule has 0 saturated carbocycles. The molecule has 3 aromatic rings. The van der Waals surface area contributed by atoms with Crippen LogP contribution in [0.3, 0.4) is 0 Å². The Morgan fingerprint density at radius 2 is 1.88 bits per heavy atom. The lowest BCUT2D eigenvalue weighted by atomic mass is 10.3. The van der Waals surface area contributed by atoms with Gasteiger partial charge in [0.1, 0.15) is 0 Å². The Morgan fingerprint density at radius 1 is 1.09 bits per heavy atom. The van der Waals surface area contributed by atoms with Crippen molar-refractivity contribution < 1.29 is 9.53 Å². The van der Waals surface area contributed by atoms with Gasteiger partial charge in [-0.25, -0.2) is 4.99 Å². The zero-order valence-corrected chi connectivity index (χ0v) is 20.6. The van der Waals surface area contributed by atoms with Gasteiger partial charge in [0.25, 0.3) is 5.91 Å². The molecule has 0 spiro atoms. The van der Waals surface area contributed by atoms with Crippen LogP contribution in [-0.2, 0) is 9.53 Å². The first kappa shape index (κ1) is 23.1. The summed E-state index contributed by atoms with van der Waals surface area (Å²) >= 11 is 10.7. The molecule has 2 aromatic carbocycles. The van der Waals surface area contributed by atoms with Crippen molar-refractivity contribution in [2.75, 3.05) is 20.3 Å². The number of thiophene rings is 1. The fraction of sp³-hybridized carbons (Fsp3) is 0.167. The molecule has 0 unspecified atom stereocenters. The van der Waals surface area contributed by atoms with E-state index < -0.39 is 0 Å². The number of thioether (sulfide) groups is 1. The van der Waals surface area contributed by atoms with Crippen LogP contribution in [0.1, 0.15) is 11.3 Å². The number of para-hydroxylation sites is 1. The van der Waals surface area contributed by atoms with Crippen molar-refractivity contribution >= 4 is 69.3 Å². The van der Waals surface area contributed by atoms with Gasteiger partial charge in [0.15, 0.2) is 5.17 Å². The monoisotopic (exact) mass is 500 g/mol. The molecule has 1 aromatic heterocycles. The normalized spacial score (nSPS) is 16.4. The van der Waals surface area contributed by atoms with E-state index in [1.807, 2.05) is 66.7 Å². The molecular formula is C24H21ClN2O2S3. The number of rotatable bonds is 8. The smallest absolute Gasteiger partial charge is 0.266 e. The number of ether oxygens (including phenoxy) is 1. The molecule has 0 radical (unpaired) electrons. The minimum atomic E-state index is -0.0129. The Bertz CT molecular complexity index is 1130. The van der Waals surface area contributed by atoms with Crippen LogP contribution in [0.4, 0.5) is 5.69 Å². The lowest BCUT2D eigenvalue weighted by molar-refractivity contribution is -0.122. The minimum absolute atomic E-state index is 0.0129. The maximum atomic E-state index is 13.1. The highest BCUT2D eigenvalue weighted by Crippen LogP contribution is 2.38. The zero-order valence-electron chi connectivity index (χ0n) is 17.4. The van der Waals surface area contributed by atoms with E-state index in [1.54, 1.807) is 35.1 Å². The molecule has 1 amide bonds. The van der Waals surface area contributed by atoms with Crippen LogP contribution in [0.25, 0.3) is 6.08 Å². The fourth-order valence-corrected chi connectivity index (χ4v) is 6.27. The average molecular weight is 501 g/mol. The van der Waals surface area contributed by atoms with E-state index in [-0.39, 0.29) is 5.91 Å². The predicted octanol–water partition coefficient (Wildman–Crippen LogP) is 7.19. The first-order valence-electron chi connectivity index (χ1n) is 10.00. The van der Waals surface area contributed by atoms with Crippen LogP contribution in [0.2, 0.25) is 5.02 Å². The van der Waals surface area contributed by atoms with Crippen molar-refractivity contribution in [3.05, 3.63) is 81.5 Å². The number of amides is 1. The number of hydrogen-bond acceptors (Lipinski definition) is 6. The topological polar surface area (TPSA) is 41.9 Å². The number of carbonyl (C=O) groups excluding carboxylic acids is 1. The summed E-state index contributed by atoms with van der Waals surface area (Å²) in [7, 11) is 1.67. The second kappa shape index (κ2) is 11.2. The van der Waals surface area contributed by atoms with Crippen molar-refractivity contribution in [3.63, 3.8) is 0 Å². The van der Waals surface area contributed by atoms with Gasteiger partial charge in [-0.15, -0.1) is 11.3 Å². The third kappa shape index (κ3) is 6.05. The van der Waals surface area contributed by atoms with E-state index in [0.29, 0.717) is 23.2 Å². The molecule has 1 aliphatic heterocycles. The summed E-state index contributed by atoms with van der Waals surface area (Å²) in [5.74, 6) is -0.0129. The molecule has 2 heterocycles. The second-order valence-corrected chi connectivity index (χ2v) is 10.8. The Morgan fingerprint density at radius 3 is 2.62 bits per heavy atom. The standard InChI is InChI=1S/C24H21ClN2O2S3/c1-29-15-5-14-27-23(28)21(32-24(27)26-18-6-3-2-4-7-18)16-20-12-13-22(31-20)30-19-10-8-17(25)9-11-19/h2-4,6-13,16H,5,14-15H2,1H3/b21-16+,26-24?. The SMILES string of the molecule is COCCCN1C(=O)/C(=C\c2ccc(Sc3ccc(Cl)cc3)s2)SC1=Nc1ccccc1. The van der Waals surface area contributed by atoms with Gasteiger partial charge in [0.05, 0.1) is 14.8 Å². The van der Waals surface area contributed by atoms with E-state index in [9.17, 15) is 4.79 Å². The highest BCUT2D eigenvalue weighted by molar-refractivity contribution is 8.18. The van der Waals surface area contributed by atoms with Gasteiger partial charge >= 0.3 is 0 Å². The van der Waals surface area contributed by atoms with E-state index in [0.717, 1.165) is 31.1 Å². The van der Waals surface area contributed by atoms with Gasteiger partial charge in [0.2, 0.25) is 0 Å². The van der Waals surface area contributed by atoms with Gasteiger partial charge in [-0.05, 0) is 72.8 Å². The number of hydrogen-bond donors (Lipinski definition) is 0. The molecule has 1 fully saturated rings. The Labute approximate surface area is 205 Å². The Kier molecular flexibility index (Phi) is 8.10. The maximum Gasteiger partial charge on any atom is 0.266 e. The summed E-state index contributed by atoms with van der Waals surface area (Å²) in [6, 6.07) is 21.6. The molecule has 1 aliphatic rings. The third-order valence-corrected chi connectivity index (χ3v) is 7.94. The zero-order chi connectivity index (χ0) is 22.3. The van der Waals surface area contributed by atoms with Crippen LogP contribution in [0.15, 0.2) is 85.7 Å². The quantitative estimate of drug-likeness (QED) is 0.242. The van der Waals surface area contributed by atoms with Crippen molar-refractivity contribution in [2.45, 2.75) is 15.5 Å². The lowest BCUT2D eigenvalue weighted by Crippen LogP contribution is -2.30. The van der Waals surface area contributed by atoms with Crippen molar-refractivity contribution in [1.82, 2.24) is 4.90 Å². The molecule has 4 nitrogen and oxygen atoms in total. The predicted molar refractivity (Wildman–Crippen MR) is 137 cm³/mol. The van der Waals surface area contributed by atoms with Crippen LogP contribution >= 0.6 is 46.5 Å². The number of halogens is 1. The number of amidine groups is 1. The molecule has 32 heavy (non-hydrogen) atoms.